The second kappa shape index (κ2) is 6.47. The molecule has 0 spiro atoms. The Hall–Kier alpha value is -2.43. The van der Waals surface area contributed by atoms with Crippen molar-refractivity contribution in [2.45, 2.75) is 46.1 Å². The molecule has 1 aliphatic rings. The summed E-state index contributed by atoms with van der Waals surface area (Å²) in [4.78, 5) is 27.5. The van der Waals surface area contributed by atoms with Crippen LogP contribution in [0.2, 0.25) is 0 Å². The molecule has 1 saturated heterocycles. The van der Waals surface area contributed by atoms with E-state index >= 15 is 0 Å². The number of hydrogen-bond acceptors (Lipinski definition) is 3. The van der Waals surface area contributed by atoms with Crippen LogP contribution < -0.4 is 5.56 Å². The lowest BCUT2D eigenvalue weighted by atomic mass is 9.93. The Kier molecular flexibility index (Phi) is 4.50. The minimum absolute atomic E-state index is 0.106. The molecule has 5 nitrogen and oxygen atoms in total. The van der Waals surface area contributed by atoms with Gasteiger partial charge in [0.05, 0.1) is 5.69 Å². The summed E-state index contributed by atoms with van der Waals surface area (Å²) in [5.74, 6) is 0.138. The van der Waals surface area contributed by atoms with Crippen molar-refractivity contribution in [3.8, 4) is 0 Å². The van der Waals surface area contributed by atoms with Gasteiger partial charge in [-0.15, -0.1) is 0 Å². The summed E-state index contributed by atoms with van der Waals surface area (Å²) >= 11 is 0. The van der Waals surface area contributed by atoms with E-state index in [2.05, 4.69) is 31.1 Å². The van der Waals surface area contributed by atoms with Gasteiger partial charge in [0.2, 0.25) is 0 Å². The second-order valence-electron chi connectivity index (χ2n) is 7.11. The van der Waals surface area contributed by atoms with E-state index in [0.717, 1.165) is 6.42 Å². The van der Waals surface area contributed by atoms with E-state index in [0.29, 0.717) is 23.7 Å². The van der Waals surface area contributed by atoms with Gasteiger partial charge in [-0.2, -0.15) is 5.10 Å². The highest BCUT2D eigenvalue weighted by atomic mass is 16.2. The number of rotatable bonds is 2. The van der Waals surface area contributed by atoms with E-state index < -0.39 is 0 Å². The first-order valence-electron chi connectivity index (χ1n) is 8.72. The molecule has 2 atom stereocenters. The highest BCUT2D eigenvalue weighted by molar-refractivity contribution is 5.95. The van der Waals surface area contributed by atoms with Gasteiger partial charge >= 0.3 is 0 Å². The summed E-state index contributed by atoms with van der Waals surface area (Å²) in [6.07, 6.45) is 0.917. The van der Waals surface area contributed by atoms with Crippen LogP contribution in [-0.4, -0.2) is 33.2 Å². The Balaban J connectivity index is 1.95. The fourth-order valence-corrected chi connectivity index (χ4v) is 3.83. The average molecular weight is 339 g/mol. The summed E-state index contributed by atoms with van der Waals surface area (Å²) in [7, 11) is 1.59. The van der Waals surface area contributed by atoms with Crippen molar-refractivity contribution >= 4 is 5.91 Å². The van der Waals surface area contributed by atoms with Crippen LogP contribution in [0.4, 0.5) is 0 Å². The molecule has 0 aliphatic carbocycles. The van der Waals surface area contributed by atoms with Gasteiger partial charge in [-0.25, -0.2) is 4.68 Å². The quantitative estimate of drug-likeness (QED) is 0.845. The number of likely N-dealkylation sites (tertiary alicyclic amines) is 1. The zero-order chi connectivity index (χ0) is 18.3. The van der Waals surface area contributed by atoms with Gasteiger partial charge in [0.15, 0.2) is 0 Å². The van der Waals surface area contributed by atoms with Crippen molar-refractivity contribution < 1.29 is 4.79 Å². The molecule has 5 heteroatoms. The third kappa shape index (κ3) is 2.99. The predicted molar refractivity (Wildman–Crippen MR) is 98.0 cm³/mol. The molecule has 1 aliphatic heterocycles. The van der Waals surface area contributed by atoms with E-state index in [1.54, 1.807) is 14.0 Å². The standard InChI is InChI=1S/C20H25N3O2/c1-12-8-6-7-9-17(12)16-10-13(2)23(11-16)20(25)18-14(3)15(4)21-22(5)19(18)24/h6-9,13,16H,10-11H2,1-5H3/t13-,16-/m1/s1. The Labute approximate surface area is 148 Å². The minimum atomic E-state index is -0.320. The van der Waals surface area contributed by atoms with Crippen molar-refractivity contribution in [2.24, 2.45) is 7.05 Å². The van der Waals surface area contributed by atoms with E-state index in [-0.39, 0.29) is 23.1 Å². The van der Waals surface area contributed by atoms with Crippen LogP contribution in [0.5, 0.6) is 0 Å². The summed E-state index contributed by atoms with van der Waals surface area (Å²) in [5.41, 5.74) is 3.88. The van der Waals surface area contributed by atoms with Crippen molar-refractivity contribution in [2.75, 3.05) is 6.54 Å². The van der Waals surface area contributed by atoms with E-state index in [1.165, 1.54) is 15.8 Å². The van der Waals surface area contributed by atoms with Crippen LogP contribution in [0.1, 0.15) is 52.0 Å². The molecule has 3 rings (SSSR count). The Morgan fingerprint density at radius 2 is 1.88 bits per heavy atom. The van der Waals surface area contributed by atoms with Gasteiger partial charge in [-0.1, -0.05) is 24.3 Å². The largest absolute Gasteiger partial charge is 0.335 e. The van der Waals surface area contributed by atoms with Gasteiger partial charge < -0.3 is 4.90 Å². The van der Waals surface area contributed by atoms with Gasteiger partial charge in [-0.05, 0) is 50.8 Å². The number of hydrogen-bond donors (Lipinski definition) is 0. The van der Waals surface area contributed by atoms with Crippen LogP contribution in [-0.2, 0) is 7.05 Å². The summed E-state index contributed by atoms with van der Waals surface area (Å²) in [6.45, 7) is 8.45. The molecule has 0 bridgehead atoms. The van der Waals surface area contributed by atoms with Crippen molar-refractivity contribution in [1.29, 1.82) is 0 Å². The van der Waals surface area contributed by atoms with Crippen molar-refractivity contribution in [3.05, 3.63) is 62.6 Å². The lowest BCUT2D eigenvalue weighted by Gasteiger charge is -2.22. The zero-order valence-electron chi connectivity index (χ0n) is 15.5. The molecule has 132 valence electrons. The van der Waals surface area contributed by atoms with Crippen molar-refractivity contribution in [1.82, 2.24) is 14.7 Å². The molecule has 0 N–H and O–H groups in total. The Morgan fingerprint density at radius 1 is 1.20 bits per heavy atom. The molecule has 2 heterocycles. The first kappa shape index (κ1) is 17.4. The molecule has 1 fully saturated rings. The smallest absolute Gasteiger partial charge is 0.279 e. The highest BCUT2D eigenvalue weighted by Gasteiger charge is 2.36. The first-order valence-corrected chi connectivity index (χ1v) is 8.72. The minimum Gasteiger partial charge on any atom is -0.335 e. The number of aromatic nitrogens is 2. The molecule has 1 aromatic carbocycles. The highest BCUT2D eigenvalue weighted by Crippen LogP contribution is 2.34. The lowest BCUT2D eigenvalue weighted by molar-refractivity contribution is 0.0742. The molecule has 0 radical (unpaired) electrons. The lowest BCUT2D eigenvalue weighted by Crippen LogP contribution is -2.40. The molecular weight excluding hydrogens is 314 g/mol. The fourth-order valence-electron chi connectivity index (χ4n) is 3.83. The predicted octanol–water partition coefficient (Wildman–Crippen LogP) is 2.72. The SMILES string of the molecule is Cc1ccccc1[C@@H]1C[C@@H](C)N(C(=O)c2c(C)c(C)nn(C)c2=O)C1. The van der Waals surface area contributed by atoms with E-state index in [1.807, 2.05) is 24.0 Å². The molecule has 25 heavy (non-hydrogen) atoms. The van der Waals surface area contributed by atoms with Crippen LogP contribution in [0.15, 0.2) is 29.1 Å². The Morgan fingerprint density at radius 3 is 2.56 bits per heavy atom. The number of amides is 1. The molecule has 0 unspecified atom stereocenters. The maximum atomic E-state index is 13.2. The fraction of sp³-hybridized carbons (Fsp3) is 0.450. The zero-order valence-corrected chi connectivity index (χ0v) is 15.5. The van der Waals surface area contributed by atoms with E-state index in [4.69, 9.17) is 0 Å². The maximum absolute atomic E-state index is 13.2. The number of nitrogens with zero attached hydrogens (tertiary/aromatic N) is 3. The normalized spacial score (nSPS) is 20.1. The number of aryl methyl sites for hydroxylation is 3. The number of carbonyl (C=O) groups is 1. The average Bonchev–Trinajstić information content (AvgIpc) is 2.95. The van der Waals surface area contributed by atoms with Crippen LogP contribution in [0.25, 0.3) is 0 Å². The van der Waals surface area contributed by atoms with Crippen LogP contribution >= 0.6 is 0 Å². The van der Waals surface area contributed by atoms with Gasteiger partial charge in [0.25, 0.3) is 11.5 Å². The van der Waals surface area contributed by atoms with Gasteiger partial charge in [0, 0.05) is 25.6 Å². The number of benzene rings is 1. The molecule has 2 aromatic rings. The summed E-state index contributed by atoms with van der Waals surface area (Å²) in [6, 6.07) is 8.43. The van der Waals surface area contributed by atoms with E-state index in [9.17, 15) is 9.59 Å². The van der Waals surface area contributed by atoms with Crippen LogP contribution in [0, 0.1) is 20.8 Å². The topological polar surface area (TPSA) is 55.2 Å². The van der Waals surface area contributed by atoms with Gasteiger partial charge in [0.1, 0.15) is 5.56 Å². The molecular formula is C20H25N3O2. The maximum Gasteiger partial charge on any atom is 0.279 e. The monoisotopic (exact) mass is 339 g/mol. The molecule has 1 aromatic heterocycles. The van der Waals surface area contributed by atoms with Crippen molar-refractivity contribution in [3.63, 3.8) is 0 Å². The third-order valence-electron chi connectivity index (χ3n) is 5.40. The second-order valence-corrected chi connectivity index (χ2v) is 7.11. The van der Waals surface area contributed by atoms with Gasteiger partial charge in [-0.3, -0.25) is 9.59 Å². The molecule has 0 saturated carbocycles. The molecule has 1 amide bonds. The summed E-state index contributed by atoms with van der Waals surface area (Å²) in [5, 5.41) is 4.17. The Bertz CT molecular complexity index is 885. The third-order valence-corrected chi connectivity index (χ3v) is 5.40. The number of carbonyl (C=O) groups excluding carboxylic acids is 1. The van der Waals surface area contributed by atoms with Crippen LogP contribution in [0.3, 0.4) is 0 Å². The first-order chi connectivity index (χ1) is 11.8. The summed E-state index contributed by atoms with van der Waals surface area (Å²) < 4.78 is 1.26.